The predicted octanol–water partition coefficient (Wildman–Crippen LogP) is 0.897. The molecule has 0 aromatic heterocycles. The second-order valence-corrected chi connectivity index (χ2v) is 6.79. The summed E-state index contributed by atoms with van der Waals surface area (Å²) in [6.45, 7) is 3.25. The Balaban J connectivity index is 1.42. The average molecular weight is 330 g/mol. The van der Waals surface area contributed by atoms with Crippen LogP contribution in [0.15, 0.2) is 30.3 Å². The minimum atomic E-state index is -0.0113. The fourth-order valence-electron chi connectivity index (χ4n) is 3.55. The molecule has 6 heteroatoms. The third-order valence-electron chi connectivity index (χ3n) is 4.93. The highest BCUT2D eigenvalue weighted by atomic mass is 16.2. The van der Waals surface area contributed by atoms with Gasteiger partial charge in [0.2, 0.25) is 11.8 Å². The maximum absolute atomic E-state index is 12.5. The quantitative estimate of drug-likeness (QED) is 0.860. The summed E-state index contributed by atoms with van der Waals surface area (Å²) in [4.78, 5) is 28.6. The zero-order chi connectivity index (χ0) is 16.9. The zero-order valence-electron chi connectivity index (χ0n) is 14.0. The van der Waals surface area contributed by atoms with Crippen molar-refractivity contribution >= 4 is 17.5 Å². The molecule has 3 N–H and O–H groups in total. The predicted molar refractivity (Wildman–Crippen MR) is 93.4 cm³/mol. The molecule has 1 aromatic carbocycles. The molecule has 0 radical (unpaired) electrons. The van der Waals surface area contributed by atoms with Crippen molar-refractivity contribution in [1.29, 1.82) is 0 Å². The van der Waals surface area contributed by atoms with Crippen LogP contribution in [0.25, 0.3) is 0 Å². The molecule has 0 spiro atoms. The van der Waals surface area contributed by atoms with Crippen LogP contribution in [0.3, 0.4) is 0 Å². The van der Waals surface area contributed by atoms with Gasteiger partial charge in [0.1, 0.15) is 0 Å². The average Bonchev–Trinajstić information content (AvgIpc) is 3.02. The van der Waals surface area contributed by atoms with Gasteiger partial charge < -0.3 is 16.0 Å². The summed E-state index contributed by atoms with van der Waals surface area (Å²) in [6, 6.07) is 9.65. The third kappa shape index (κ3) is 4.33. The number of para-hydroxylation sites is 1. The van der Waals surface area contributed by atoms with Crippen LogP contribution in [0.2, 0.25) is 0 Å². The Bertz CT molecular complexity index is 570. The van der Waals surface area contributed by atoms with Crippen molar-refractivity contribution in [2.75, 3.05) is 38.0 Å². The highest BCUT2D eigenvalue weighted by molar-refractivity contribution is 5.92. The molecular formula is C18H26N4O2. The Morgan fingerprint density at radius 1 is 1.08 bits per heavy atom. The van der Waals surface area contributed by atoms with Crippen LogP contribution < -0.4 is 11.1 Å². The molecule has 2 atom stereocenters. The van der Waals surface area contributed by atoms with Gasteiger partial charge in [0, 0.05) is 43.8 Å². The number of nitrogens with zero attached hydrogens (tertiary/aromatic N) is 2. The van der Waals surface area contributed by atoms with E-state index in [-0.39, 0.29) is 23.8 Å². The Kier molecular flexibility index (Phi) is 5.48. The monoisotopic (exact) mass is 330 g/mol. The van der Waals surface area contributed by atoms with E-state index >= 15 is 0 Å². The number of nitrogens with two attached hydrogens (primary N) is 1. The van der Waals surface area contributed by atoms with Gasteiger partial charge in [-0.3, -0.25) is 14.5 Å². The summed E-state index contributed by atoms with van der Waals surface area (Å²) < 4.78 is 0. The van der Waals surface area contributed by atoms with E-state index < -0.39 is 0 Å². The first-order valence-corrected chi connectivity index (χ1v) is 8.73. The lowest BCUT2D eigenvalue weighted by atomic mass is 10.1. The van der Waals surface area contributed by atoms with Crippen LogP contribution in [0.1, 0.15) is 19.3 Å². The standard InChI is InChI=1S/C18H26N4O2/c19-15-7-6-14(12-15)18(24)22-10-8-21(9-11-22)13-17(23)20-16-4-2-1-3-5-16/h1-5,14-15H,6-13,19H2,(H,20,23). The van der Waals surface area contributed by atoms with E-state index in [2.05, 4.69) is 10.2 Å². The smallest absolute Gasteiger partial charge is 0.238 e. The van der Waals surface area contributed by atoms with E-state index in [0.717, 1.165) is 38.0 Å². The van der Waals surface area contributed by atoms with Crippen LogP contribution in [0.4, 0.5) is 5.69 Å². The Hall–Kier alpha value is -1.92. The highest BCUT2D eigenvalue weighted by Gasteiger charge is 2.32. The second kappa shape index (κ2) is 7.77. The largest absolute Gasteiger partial charge is 0.340 e. The zero-order valence-corrected chi connectivity index (χ0v) is 14.0. The molecule has 2 aliphatic rings. The van der Waals surface area contributed by atoms with Gasteiger partial charge in [0.15, 0.2) is 0 Å². The fourth-order valence-corrected chi connectivity index (χ4v) is 3.55. The SMILES string of the molecule is NC1CCC(C(=O)N2CCN(CC(=O)Nc3ccccc3)CC2)C1. The minimum Gasteiger partial charge on any atom is -0.340 e. The molecule has 1 aliphatic carbocycles. The van der Waals surface area contributed by atoms with Crippen LogP contribution in [0.5, 0.6) is 0 Å². The molecule has 24 heavy (non-hydrogen) atoms. The lowest BCUT2D eigenvalue weighted by Crippen LogP contribution is -2.51. The van der Waals surface area contributed by atoms with Crippen molar-refractivity contribution in [2.24, 2.45) is 11.7 Å². The molecule has 2 fully saturated rings. The van der Waals surface area contributed by atoms with E-state index in [1.165, 1.54) is 0 Å². The van der Waals surface area contributed by atoms with E-state index in [0.29, 0.717) is 19.6 Å². The van der Waals surface area contributed by atoms with Gasteiger partial charge in [0.25, 0.3) is 0 Å². The van der Waals surface area contributed by atoms with Gasteiger partial charge in [0.05, 0.1) is 6.54 Å². The number of hydrogen-bond donors (Lipinski definition) is 2. The first-order chi connectivity index (χ1) is 11.6. The summed E-state index contributed by atoms with van der Waals surface area (Å²) in [5.41, 5.74) is 6.72. The first-order valence-electron chi connectivity index (χ1n) is 8.73. The van der Waals surface area contributed by atoms with Crippen molar-refractivity contribution in [1.82, 2.24) is 9.80 Å². The number of anilines is 1. The molecule has 130 valence electrons. The number of rotatable bonds is 4. The van der Waals surface area contributed by atoms with Crippen molar-refractivity contribution in [3.8, 4) is 0 Å². The molecule has 1 saturated heterocycles. The first kappa shape index (κ1) is 16.9. The number of hydrogen-bond acceptors (Lipinski definition) is 4. The van der Waals surface area contributed by atoms with Crippen molar-refractivity contribution < 1.29 is 9.59 Å². The van der Waals surface area contributed by atoms with Gasteiger partial charge in [-0.1, -0.05) is 18.2 Å². The van der Waals surface area contributed by atoms with Crippen LogP contribution in [-0.2, 0) is 9.59 Å². The van der Waals surface area contributed by atoms with Crippen LogP contribution in [0, 0.1) is 5.92 Å². The molecule has 3 rings (SSSR count). The normalized spacial score (nSPS) is 24.8. The molecule has 1 saturated carbocycles. The number of piperazine rings is 1. The topological polar surface area (TPSA) is 78.7 Å². The molecule has 6 nitrogen and oxygen atoms in total. The fraction of sp³-hybridized carbons (Fsp3) is 0.556. The number of amides is 2. The molecule has 0 bridgehead atoms. The highest BCUT2D eigenvalue weighted by Crippen LogP contribution is 2.26. The summed E-state index contributed by atoms with van der Waals surface area (Å²) in [5, 5.41) is 2.90. The van der Waals surface area contributed by atoms with E-state index in [9.17, 15) is 9.59 Å². The number of nitrogens with one attached hydrogen (secondary N) is 1. The summed E-state index contributed by atoms with van der Waals surface area (Å²) >= 11 is 0. The van der Waals surface area contributed by atoms with Gasteiger partial charge in [-0.05, 0) is 31.4 Å². The maximum atomic E-state index is 12.5. The Labute approximate surface area is 143 Å². The van der Waals surface area contributed by atoms with Gasteiger partial charge in [-0.15, -0.1) is 0 Å². The van der Waals surface area contributed by atoms with E-state index in [1.54, 1.807) is 0 Å². The van der Waals surface area contributed by atoms with Crippen molar-refractivity contribution in [3.05, 3.63) is 30.3 Å². The van der Waals surface area contributed by atoms with E-state index in [4.69, 9.17) is 5.73 Å². The number of carbonyl (C=O) groups excluding carboxylic acids is 2. The lowest BCUT2D eigenvalue weighted by molar-refractivity contribution is -0.137. The third-order valence-corrected chi connectivity index (χ3v) is 4.93. The van der Waals surface area contributed by atoms with Gasteiger partial charge in [-0.2, -0.15) is 0 Å². The van der Waals surface area contributed by atoms with Gasteiger partial charge >= 0.3 is 0 Å². The van der Waals surface area contributed by atoms with E-state index in [1.807, 2.05) is 35.2 Å². The number of carbonyl (C=O) groups is 2. The lowest BCUT2D eigenvalue weighted by Gasteiger charge is -2.35. The second-order valence-electron chi connectivity index (χ2n) is 6.79. The molecule has 2 amide bonds. The summed E-state index contributed by atoms with van der Waals surface area (Å²) in [6.07, 6.45) is 2.69. The summed E-state index contributed by atoms with van der Waals surface area (Å²) in [5.74, 6) is 0.340. The molecule has 2 unspecified atom stereocenters. The molecule has 1 aromatic rings. The molecule has 1 aliphatic heterocycles. The van der Waals surface area contributed by atoms with Crippen molar-refractivity contribution in [2.45, 2.75) is 25.3 Å². The summed E-state index contributed by atoms with van der Waals surface area (Å²) in [7, 11) is 0. The van der Waals surface area contributed by atoms with Crippen LogP contribution >= 0.6 is 0 Å². The Morgan fingerprint density at radius 2 is 1.79 bits per heavy atom. The minimum absolute atomic E-state index is 0.0113. The van der Waals surface area contributed by atoms with Gasteiger partial charge in [-0.25, -0.2) is 0 Å². The van der Waals surface area contributed by atoms with Crippen LogP contribution in [-0.4, -0.2) is 60.4 Å². The molecule has 1 heterocycles. The van der Waals surface area contributed by atoms with Crippen molar-refractivity contribution in [3.63, 3.8) is 0 Å². The maximum Gasteiger partial charge on any atom is 0.238 e. The number of benzene rings is 1. The molecular weight excluding hydrogens is 304 g/mol. The Morgan fingerprint density at radius 3 is 2.42 bits per heavy atom.